The van der Waals surface area contributed by atoms with Gasteiger partial charge in [0.15, 0.2) is 5.13 Å². The van der Waals surface area contributed by atoms with Gasteiger partial charge in [-0.3, -0.25) is 0 Å². The first-order valence-electron chi connectivity index (χ1n) is 7.98. The van der Waals surface area contributed by atoms with Gasteiger partial charge in [0.25, 0.3) is 0 Å². The maximum Gasteiger partial charge on any atom is 0.180 e. The number of nitrogens with zero attached hydrogens (tertiary/aromatic N) is 3. The Morgan fingerprint density at radius 3 is 3.13 bits per heavy atom. The lowest BCUT2D eigenvalue weighted by Crippen LogP contribution is -2.25. The number of hydrogen-bond acceptors (Lipinski definition) is 6. The number of aromatic nitrogens is 1. The molecule has 1 aromatic rings. The average molecular weight is 325 g/mol. The second-order valence-electron chi connectivity index (χ2n) is 5.96. The van der Waals surface area contributed by atoms with E-state index in [1.54, 1.807) is 0 Å². The molecule has 5 nitrogen and oxygen atoms in total. The van der Waals surface area contributed by atoms with E-state index in [4.69, 9.17) is 10.7 Å². The van der Waals surface area contributed by atoms with E-state index in [0.717, 1.165) is 29.1 Å². The van der Waals surface area contributed by atoms with Crippen LogP contribution in [-0.2, 0) is 0 Å². The number of rotatable bonds is 3. The van der Waals surface area contributed by atoms with Crippen molar-refractivity contribution < 1.29 is 0 Å². The molecule has 1 aliphatic heterocycles. The number of hydrogen-bond donors (Lipinski definition) is 2. The van der Waals surface area contributed by atoms with Gasteiger partial charge in [-0.1, -0.05) is 23.5 Å². The van der Waals surface area contributed by atoms with E-state index in [-0.39, 0.29) is 12.0 Å². The zero-order chi connectivity index (χ0) is 15.6. The largest absolute Gasteiger partial charge is 0.375 e. The Morgan fingerprint density at radius 1 is 1.39 bits per heavy atom. The number of aliphatic imine (C=N–C) groups is 1. The summed E-state index contributed by atoms with van der Waals surface area (Å²) in [5.41, 5.74) is 12.2. The van der Waals surface area contributed by atoms with Gasteiger partial charge >= 0.3 is 0 Å². The van der Waals surface area contributed by atoms with E-state index in [9.17, 15) is 0 Å². The Hall–Kier alpha value is -2.21. The van der Waals surface area contributed by atoms with Crippen LogP contribution in [0.25, 0.3) is 0 Å². The van der Waals surface area contributed by atoms with E-state index in [0.29, 0.717) is 5.13 Å². The molecule has 2 atom stereocenters. The van der Waals surface area contributed by atoms with E-state index < -0.39 is 0 Å². The van der Waals surface area contributed by atoms with E-state index >= 15 is 0 Å². The van der Waals surface area contributed by atoms with Crippen LogP contribution in [0.15, 0.2) is 51.9 Å². The molecular weight excluding hydrogens is 306 g/mol. The van der Waals surface area contributed by atoms with Crippen LogP contribution in [0.5, 0.6) is 0 Å². The van der Waals surface area contributed by atoms with Crippen molar-refractivity contribution in [1.29, 1.82) is 0 Å². The summed E-state index contributed by atoms with van der Waals surface area (Å²) in [5, 5.41) is 4.73. The summed E-state index contributed by atoms with van der Waals surface area (Å²) in [6.07, 6.45) is 17.1. The first kappa shape index (κ1) is 14.4. The van der Waals surface area contributed by atoms with Gasteiger partial charge in [-0.05, 0) is 43.4 Å². The molecule has 0 saturated heterocycles. The van der Waals surface area contributed by atoms with Crippen LogP contribution in [0.3, 0.4) is 0 Å². The van der Waals surface area contributed by atoms with E-state index in [1.165, 1.54) is 29.8 Å². The Bertz CT molecular complexity index is 753. The quantitative estimate of drug-likeness (QED) is 0.839. The van der Waals surface area contributed by atoms with Crippen molar-refractivity contribution in [2.45, 2.75) is 31.7 Å². The van der Waals surface area contributed by atoms with Gasteiger partial charge in [0, 0.05) is 18.3 Å². The molecule has 0 fully saturated rings. The van der Waals surface area contributed by atoms with Crippen molar-refractivity contribution in [2.75, 3.05) is 5.73 Å². The molecule has 6 heteroatoms. The molecule has 0 saturated carbocycles. The SMILES string of the molecule is Nc1ncc(/C(=N/C2=CC3C=NNC3C=C2)C2=CCCCC2)s1. The van der Waals surface area contributed by atoms with Crippen molar-refractivity contribution >= 4 is 28.4 Å². The van der Waals surface area contributed by atoms with Crippen molar-refractivity contribution in [2.24, 2.45) is 16.0 Å². The molecule has 3 aliphatic rings. The molecular formula is C17H19N5S. The lowest BCUT2D eigenvalue weighted by Gasteiger charge is -2.18. The molecule has 0 amide bonds. The third kappa shape index (κ3) is 2.99. The fourth-order valence-electron chi connectivity index (χ4n) is 3.11. The molecule has 3 N–H and O–H groups in total. The molecule has 2 heterocycles. The van der Waals surface area contributed by atoms with Gasteiger partial charge in [0.1, 0.15) is 0 Å². The van der Waals surface area contributed by atoms with Crippen LogP contribution < -0.4 is 11.2 Å². The van der Waals surface area contributed by atoms with Gasteiger partial charge in [-0.25, -0.2) is 9.98 Å². The second-order valence-corrected chi connectivity index (χ2v) is 7.02. The van der Waals surface area contributed by atoms with Gasteiger partial charge in [0.05, 0.1) is 22.3 Å². The fraction of sp³-hybridized carbons (Fsp3) is 0.353. The summed E-state index contributed by atoms with van der Waals surface area (Å²) in [6.45, 7) is 0. The van der Waals surface area contributed by atoms with E-state index in [1.807, 2.05) is 12.4 Å². The van der Waals surface area contributed by atoms with Gasteiger partial charge in [-0.2, -0.15) is 5.10 Å². The van der Waals surface area contributed by atoms with Crippen LogP contribution in [0, 0.1) is 5.92 Å². The molecule has 2 aliphatic carbocycles. The van der Waals surface area contributed by atoms with Crippen LogP contribution in [0.1, 0.15) is 30.6 Å². The topological polar surface area (TPSA) is 75.7 Å². The molecule has 0 spiro atoms. The highest BCUT2D eigenvalue weighted by atomic mass is 32.1. The minimum absolute atomic E-state index is 0.269. The summed E-state index contributed by atoms with van der Waals surface area (Å²) < 4.78 is 0. The van der Waals surface area contributed by atoms with Crippen molar-refractivity contribution in [3.63, 3.8) is 0 Å². The summed E-state index contributed by atoms with van der Waals surface area (Å²) in [7, 11) is 0. The number of anilines is 1. The predicted molar refractivity (Wildman–Crippen MR) is 95.7 cm³/mol. The third-order valence-electron chi connectivity index (χ3n) is 4.32. The highest BCUT2D eigenvalue weighted by Gasteiger charge is 2.23. The van der Waals surface area contributed by atoms with Crippen LogP contribution >= 0.6 is 11.3 Å². The molecule has 0 aromatic carbocycles. The van der Waals surface area contributed by atoms with Gasteiger partial charge in [-0.15, -0.1) is 0 Å². The van der Waals surface area contributed by atoms with Crippen molar-refractivity contribution in [3.05, 3.63) is 46.6 Å². The fourth-order valence-corrected chi connectivity index (χ4v) is 3.82. The number of nitrogens with one attached hydrogen (secondary N) is 1. The molecule has 23 heavy (non-hydrogen) atoms. The molecule has 4 rings (SSSR count). The minimum Gasteiger partial charge on any atom is -0.375 e. The lowest BCUT2D eigenvalue weighted by molar-refractivity contribution is 0.619. The van der Waals surface area contributed by atoms with Gasteiger partial charge in [0.2, 0.25) is 0 Å². The number of nitrogens with two attached hydrogens (primary N) is 1. The van der Waals surface area contributed by atoms with Crippen molar-refractivity contribution in [3.8, 4) is 0 Å². The number of fused-ring (bicyclic) bond motifs is 1. The van der Waals surface area contributed by atoms with E-state index in [2.05, 4.69) is 39.8 Å². The minimum atomic E-state index is 0.269. The second kappa shape index (κ2) is 6.12. The average Bonchev–Trinajstić information content (AvgIpc) is 3.21. The standard InChI is InChI=1S/C17H19N5S/c18-17-19-10-15(23-17)16(11-4-2-1-3-5-11)21-13-6-7-14-12(8-13)9-20-22-14/h4,6-10,12,14,22H,1-3,5H2,(H2,18,19)/b21-16+. The number of allylic oxidation sites excluding steroid dienone is 3. The van der Waals surface area contributed by atoms with Crippen molar-refractivity contribution in [1.82, 2.24) is 10.4 Å². The molecule has 2 unspecified atom stereocenters. The summed E-state index contributed by atoms with van der Waals surface area (Å²) in [6, 6.07) is 0.269. The highest BCUT2D eigenvalue weighted by Crippen LogP contribution is 2.28. The Kier molecular flexibility index (Phi) is 3.83. The maximum absolute atomic E-state index is 5.83. The first-order chi connectivity index (χ1) is 11.3. The first-order valence-corrected chi connectivity index (χ1v) is 8.80. The molecule has 118 valence electrons. The normalized spacial score (nSPS) is 26.5. The number of nitrogen functional groups attached to an aromatic ring is 1. The van der Waals surface area contributed by atoms with Crippen LogP contribution in [-0.4, -0.2) is 23.0 Å². The zero-order valence-corrected chi connectivity index (χ0v) is 13.6. The maximum atomic E-state index is 5.83. The summed E-state index contributed by atoms with van der Waals surface area (Å²) in [5.74, 6) is 0.284. The molecule has 1 aromatic heterocycles. The monoisotopic (exact) mass is 325 g/mol. The Morgan fingerprint density at radius 2 is 2.35 bits per heavy atom. The molecule has 0 radical (unpaired) electrons. The predicted octanol–water partition coefficient (Wildman–Crippen LogP) is 3.04. The smallest absolute Gasteiger partial charge is 0.180 e. The summed E-state index contributed by atoms with van der Waals surface area (Å²) in [4.78, 5) is 10.2. The number of thiazole rings is 1. The zero-order valence-electron chi connectivity index (χ0n) is 12.8. The Labute approximate surface area is 139 Å². The molecule has 0 bridgehead atoms. The Balaban J connectivity index is 1.71. The van der Waals surface area contributed by atoms with Crippen LogP contribution in [0.4, 0.5) is 5.13 Å². The van der Waals surface area contributed by atoms with Gasteiger partial charge < -0.3 is 11.2 Å². The summed E-state index contributed by atoms with van der Waals surface area (Å²) >= 11 is 1.50. The third-order valence-corrected chi connectivity index (χ3v) is 5.15. The van der Waals surface area contributed by atoms with Crippen LogP contribution in [0.2, 0.25) is 0 Å². The number of hydrazone groups is 1. The lowest BCUT2D eigenvalue weighted by atomic mass is 9.94. The highest BCUT2D eigenvalue weighted by molar-refractivity contribution is 7.17.